The average molecular weight is 189 g/mol. The minimum absolute atomic E-state index is 0.183. The summed E-state index contributed by atoms with van der Waals surface area (Å²) in [5.41, 5.74) is 8.10. The number of nitrogens with zero attached hydrogens (tertiary/aromatic N) is 2. The van der Waals surface area contributed by atoms with E-state index in [-0.39, 0.29) is 6.04 Å². The molecular formula is C11H15N3. The van der Waals surface area contributed by atoms with E-state index in [4.69, 9.17) is 5.73 Å². The highest BCUT2D eigenvalue weighted by Gasteiger charge is 2.05. The van der Waals surface area contributed by atoms with Gasteiger partial charge in [-0.15, -0.1) is 0 Å². The molecule has 2 aromatic rings. The van der Waals surface area contributed by atoms with Crippen LogP contribution in [0, 0.1) is 0 Å². The first-order valence-electron chi connectivity index (χ1n) is 4.83. The summed E-state index contributed by atoms with van der Waals surface area (Å²) in [5, 5.41) is 5.61. The summed E-state index contributed by atoms with van der Waals surface area (Å²) in [6, 6.07) is 6.41. The number of hydrogen-bond donors (Lipinski definition) is 1. The quantitative estimate of drug-likeness (QED) is 0.777. The highest BCUT2D eigenvalue weighted by atomic mass is 15.2. The molecule has 14 heavy (non-hydrogen) atoms. The third-order valence-electron chi connectivity index (χ3n) is 2.28. The molecule has 1 unspecified atom stereocenters. The number of nitrogens with two attached hydrogens (primary N) is 1. The van der Waals surface area contributed by atoms with E-state index in [0.717, 1.165) is 11.9 Å². The maximum Gasteiger partial charge on any atom is 0.0955 e. The molecule has 0 fully saturated rings. The van der Waals surface area contributed by atoms with Gasteiger partial charge in [0.15, 0.2) is 0 Å². The first-order chi connectivity index (χ1) is 6.66. The molecular weight excluding hydrogens is 174 g/mol. The van der Waals surface area contributed by atoms with Gasteiger partial charge in [-0.05, 0) is 18.9 Å². The van der Waals surface area contributed by atoms with Gasteiger partial charge < -0.3 is 5.73 Å². The van der Waals surface area contributed by atoms with Gasteiger partial charge in [0, 0.05) is 24.7 Å². The second-order valence-electron chi connectivity index (χ2n) is 3.84. The maximum absolute atomic E-state index is 5.79. The molecule has 1 aromatic heterocycles. The summed E-state index contributed by atoms with van der Waals surface area (Å²) >= 11 is 0. The minimum atomic E-state index is 0.183. The van der Waals surface area contributed by atoms with E-state index in [1.54, 1.807) is 0 Å². The molecule has 1 aromatic carbocycles. The summed E-state index contributed by atoms with van der Waals surface area (Å²) in [7, 11) is 1.94. The third-order valence-corrected chi connectivity index (χ3v) is 2.28. The van der Waals surface area contributed by atoms with Crippen LogP contribution in [-0.2, 0) is 13.5 Å². The van der Waals surface area contributed by atoms with Gasteiger partial charge in [-0.2, -0.15) is 5.10 Å². The van der Waals surface area contributed by atoms with E-state index >= 15 is 0 Å². The van der Waals surface area contributed by atoms with E-state index in [1.807, 2.05) is 24.9 Å². The Morgan fingerprint density at radius 1 is 1.50 bits per heavy atom. The lowest BCUT2D eigenvalue weighted by Gasteiger charge is -2.04. The van der Waals surface area contributed by atoms with E-state index in [9.17, 15) is 0 Å². The summed E-state index contributed by atoms with van der Waals surface area (Å²) in [4.78, 5) is 0. The molecule has 0 aliphatic heterocycles. The number of aromatic nitrogens is 2. The molecule has 0 saturated carbocycles. The molecule has 0 spiro atoms. The van der Waals surface area contributed by atoms with Crippen LogP contribution in [0.4, 0.5) is 0 Å². The van der Waals surface area contributed by atoms with E-state index in [2.05, 4.69) is 23.3 Å². The Labute approximate surface area is 83.5 Å². The molecule has 3 nitrogen and oxygen atoms in total. The molecule has 74 valence electrons. The van der Waals surface area contributed by atoms with Crippen molar-refractivity contribution in [3.05, 3.63) is 30.0 Å². The normalized spacial score (nSPS) is 13.4. The summed E-state index contributed by atoms with van der Waals surface area (Å²) in [5.74, 6) is 0. The van der Waals surface area contributed by atoms with Crippen molar-refractivity contribution < 1.29 is 0 Å². The SMILES string of the molecule is CC(N)Cc1cccc2cn(C)nc12. The highest BCUT2D eigenvalue weighted by molar-refractivity contribution is 5.81. The lowest BCUT2D eigenvalue weighted by Crippen LogP contribution is -2.17. The van der Waals surface area contributed by atoms with Gasteiger partial charge in [0.25, 0.3) is 0 Å². The number of benzene rings is 1. The van der Waals surface area contributed by atoms with Gasteiger partial charge in [0.2, 0.25) is 0 Å². The first-order valence-corrected chi connectivity index (χ1v) is 4.83. The Morgan fingerprint density at radius 2 is 2.29 bits per heavy atom. The Balaban J connectivity index is 2.53. The lowest BCUT2D eigenvalue weighted by molar-refractivity contribution is 0.735. The molecule has 0 aliphatic carbocycles. The second kappa shape index (κ2) is 3.42. The van der Waals surface area contributed by atoms with Crippen LogP contribution in [-0.4, -0.2) is 15.8 Å². The molecule has 0 radical (unpaired) electrons. The van der Waals surface area contributed by atoms with E-state index in [1.165, 1.54) is 10.9 Å². The zero-order valence-corrected chi connectivity index (χ0v) is 8.57. The van der Waals surface area contributed by atoms with Crippen molar-refractivity contribution >= 4 is 10.9 Å². The van der Waals surface area contributed by atoms with Crippen molar-refractivity contribution in [2.24, 2.45) is 12.8 Å². The van der Waals surface area contributed by atoms with Crippen LogP contribution >= 0.6 is 0 Å². The van der Waals surface area contributed by atoms with Crippen molar-refractivity contribution in [3.8, 4) is 0 Å². The fourth-order valence-corrected chi connectivity index (χ4v) is 1.74. The van der Waals surface area contributed by atoms with Crippen molar-refractivity contribution in [3.63, 3.8) is 0 Å². The fraction of sp³-hybridized carbons (Fsp3) is 0.364. The van der Waals surface area contributed by atoms with Crippen molar-refractivity contribution in [2.45, 2.75) is 19.4 Å². The van der Waals surface area contributed by atoms with Crippen molar-refractivity contribution in [2.75, 3.05) is 0 Å². The van der Waals surface area contributed by atoms with E-state index < -0.39 is 0 Å². The third kappa shape index (κ3) is 1.63. The van der Waals surface area contributed by atoms with Crippen LogP contribution in [0.15, 0.2) is 24.4 Å². The van der Waals surface area contributed by atoms with Crippen molar-refractivity contribution in [1.82, 2.24) is 9.78 Å². The fourth-order valence-electron chi connectivity index (χ4n) is 1.74. The van der Waals surface area contributed by atoms with Gasteiger partial charge >= 0.3 is 0 Å². The maximum atomic E-state index is 5.79. The lowest BCUT2D eigenvalue weighted by atomic mass is 10.1. The van der Waals surface area contributed by atoms with Crippen LogP contribution < -0.4 is 5.73 Å². The molecule has 0 amide bonds. The van der Waals surface area contributed by atoms with Gasteiger partial charge in [-0.3, -0.25) is 4.68 Å². The monoisotopic (exact) mass is 189 g/mol. The van der Waals surface area contributed by atoms with Crippen LogP contribution in [0.2, 0.25) is 0 Å². The Hall–Kier alpha value is -1.35. The highest BCUT2D eigenvalue weighted by Crippen LogP contribution is 2.17. The predicted molar refractivity (Wildman–Crippen MR) is 58.1 cm³/mol. The molecule has 0 saturated heterocycles. The Morgan fingerprint density at radius 3 is 3.00 bits per heavy atom. The number of hydrogen-bond acceptors (Lipinski definition) is 2. The topological polar surface area (TPSA) is 43.8 Å². The minimum Gasteiger partial charge on any atom is -0.328 e. The van der Waals surface area contributed by atoms with Crippen LogP contribution in [0.3, 0.4) is 0 Å². The zero-order chi connectivity index (χ0) is 10.1. The van der Waals surface area contributed by atoms with Gasteiger partial charge in [-0.25, -0.2) is 0 Å². The molecule has 1 heterocycles. The Bertz CT molecular complexity index is 443. The van der Waals surface area contributed by atoms with Gasteiger partial charge in [0.05, 0.1) is 5.52 Å². The molecule has 2 rings (SSSR count). The van der Waals surface area contributed by atoms with Crippen LogP contribution in [0.5, 0.6) is 0 Å². The van der Waals surface area contributed by atoms with Gasteiger partial charge in [-0.1, -0.05) is 18.2 Å². The zero-order valence-electron chi connectivity index (χ0n) is 8.57. The molecule has 3 heteroatoms. The average Bonchev–Trinajstić information content (AvgIpc) is 2.45. The predicted octanol–water partition coefficient (Wildman–Crippen LogP) is 1.46. The van der Waals surface area contributed by atoms with E-state index in [0.29, 0.717) is 0 Å². The van der Waals surface area contributed by atoms with Crippen molar-refractivity contribution in [1.29, 1.82) is 0 Å². The number of fused-ring (bicyclic) bond motifs is 1. The summed E-state index contributed by atoms with van der Waals surface area (Å²) in [6.07, 6.45) is 2.91. The largest absolute Gasteiger partial charge is 0.328 e. The molecule has 0 bridgehead atoms. The Kier molecular flexibility index (Phi) is 2.25. The molecule has 0 aliphatic rings. The summed E-state index contributed by atoms with van der Waals surface area (Å²) in [6.45, 7) is 2.02. The standard InChI is InChI=1S/C11H15N3/c1-8(12)6-9-4-3-5-10-7-14(2)13-11(9)10/h3-5,7-8H,6,12H2,1-2H3. The number of rotatable bonds is 2. The second-order valence-corrected chi connectivity index (χ2v) is 3.84. The summed E-state index contributed by atoms with van der Waals surface area (Å²) < 4.78 is 1.84. The smallest absolute Gasteiger partial charge is 0.0955 e. The first kappa shape index (κ1) is 9.21. The number of aryl methyl sites for hydroxylation is 1. The molecule has 2 N–H and O–H groups in total. The van der Waals surface area contributed by atoms with Crippen LogP contribution in [0.1, 0.15) is 12.5 Å². The molecule has 1 atom stereocenters. The van der Waals surface area contributed by atoms with Crippen LogP contribution in [0.25, 0.3) is 10.9 Å². The van der Waals surface area contributed by atoms with Gasteiger partial charge in [0.1, 0.15) is 0 Å².